The fraction of sp³-hybridized carbons (Fsp3) is 0.100. The van der Waals surface area contributed by atoms with Crippen LogP contribution < -0.4 is 10.9 Å². The first-order valence-corrected chi connectivity index (χ1v) is 8.72. The van der Waals surface area contributed by atoms with Gasteiger partial charge in [0.05, 0.1) is 5.69 Å². The molecule has 0 spiro atoms. The number of anilines is 1. The molecule has 2 aromatic carbocycles. The molecule has 0 unspecified atom stereocenters. The van der Waals surface area contributed by atoms with Crippen LogP contribution in [0.15, 0.2) is 87.5 Å². The Morgan fingerprint density at radius 2 is 1.76 bits per heavy atom. The highest BCUT2D eigenvalue weighted by atomic mass is 32.2. The number of rotatable bonds is 5. The molecule has 1 heterocycles. The fourth-order valence-electron chi connectivity index (χ4n) is 2.36. The highest BCUT2D eigenvalue weighted by Crippen LogP contribution is 2.33. The Bertz CT molecular complexity index is 936. The molecular formula is C20H18N2O2S. The van der Waals surface area contributed by atoms with Crippen molar-refractivity contribution in [2.45, 2.75) is 23.3 Å². The molecular weight excluding hydrogens is 332 g/mol. The van der Waals surface area contributed by atoms with Gasteiger partial charge in [0.15, 0.2) is 0 Å². The van der Waals surface area contributed by atoms with Crippen molar-refractivity contribution in [3.05, 3.63) is 88.8 Å². The summed E-state index contributed by atoms with van der Waals surface area (Å²) in [6, 6.07) is 20.9. The third-order valence-corrected chi connectivity index (χ3v) is 4.68. The Labute approximate surface area is 150 Å². The maximum atomic E-state index is 12.3. The van der Waals surface area contributed by atoms with Crippen LogP contribution in [-0.2, 0) is 11.3 Å². The third kappa shape index (κ3) is 4.61. The lowest BCUT2D eigenvalue weighted by Crippen LogP contribution is -2.27. The summed E-state index contributed by atoms with van der Waals surface area (Å²) in [7, 11) is 0. The Kier molecular flexibility index (Phi) is 5.36. The minimum absolute atomic E-state index is 0.0105. The summed E-state index contributed by atoms with van der Waals surface area (Å²) >= 11 is 1.58. The predicted molar refractivity (Wildman–Crippen MR) is 101 cm³/mol. The van der Waals surface area contributed by atoms with Crippen molar-refractivity contribution in [2.24, 2.45) is 0 Å². The van der Waals surface area contributed by atoms with E-state index in [4.69, 9.17) is 0 Å². The molecule has 25 heavy (non-hydrogen) atoms. The molecule has 0 aliphatic heterocycles. The summed E-state index contributed by atoms with van der Waals surface area (Å²) in [4.78, 5) is 26.3. The smallest absolute Gasteiger partial charge is 0.251 e. The highest BCUT2D eigenvalue weighted by Gasteiger charge is 2.09. The number of carbonyl (C=O) groups excluding carboxylic acids is 1. The summed E-state index contributed by atoms with van der Waals surface area (Å²) in [6.45, 7) is 1.84. The average molecular weight is 350 g/mol. The Morgan fingerprint density at radius 3 is 2.52 bits per heavy atom. The maximum Gasteiger partial charge on any atom is 0.251 e. The van der Waals surface area contributed by atoms with E-state index in [1.807, 2.05) is 67.6 Å². The van der Waals surface area contributed by atoms with Crippen molar-refractivity contribution in [3.63, 3.8) is 0 Å². The number of carbonyl (C=O) groups is 1. The molecule has 0 saturated heterocycles. The van der Waals surface area contributed by atoms with Crippen LogP contribution in [0.3, 0.4) is 0 Å². The lowest BCUT2D eigenvalue weighted by atomic mass is 10.3. The quantitative estimate of drug-likeness (QED) is 0.758. The van der Waals surface area contributed by atoms with Gasteiger partial charge in [-0.3, -0.25) is 9.59 Å². The number of amides is 1. The number of hydrogen-bond donors (Lipinski definition) is 1. The second-order valence-corrected chi connectivity index (χ2v) is 6.75. The fourth-order valence-corrected chi connectivity index (χ4v) is 3.28. The summed E-state index contributed by atoms with van der Waals surface area (Å²) in [5, 5.41) is 2.90. The van der Waals surface area contributed by atoms with Gasteiger partial charge in [-0.25, -0.2) is 0 Å². The van der Waals surface area contributed by atoms with Gasteiger partial charge in [0.25, 0.3) is 5.56 Å². The number of aryl methyl sites for hydroxylation is 1. The van der Waals surface area contributed by atoms with Crippen molar-refractivity contribution in [3.8, 4) is 0 Å². The first-order valence-electron chi connectivity index (χ1n) is 7.91. The summed E-state index contributed by atoms with van der Waals surface area (Å²) in [5.41, 5.74) is 1.44. The van der Waals surface area contributed by atoms with Crippen molar-refractivity contribution in [1.29, 1.82) is 0 Å². The van der Waals surface area contributed by atoms with E-state index < -0.39 is 0 Å². The van der Waals surface area contributed by atoms with Crippen LogP contribution in [0.4, 0.5) is 5.69 Å². The van der Waals surface area contributed by atoms with E-state index in [-0.39, 0.29) is 18.0 Å². The molecule has 126 valence electrons. The molecule has 0 atom stereocenters. The van der Waals surface area contributed by atoms with E-state index in [9.17, 15) is 9.59 Å². The van der Waals surface area contributed by atoms with Crippen LogP contribution in [0, 0.1) is 6.92 Å². The summed E-state index contributed by atoms with van der Waals surface area (Å²) in [6.07, 6.45) is 1.64. The normalized spacial score (nSPS) is 10.4. The minimum Gasteiger partial charge on any atom is -0.324 e. The number of aromatic nitrogens is 1. The minimum atomic E-state index is -0.230. The molecule has 0 fully saturated rings. The maximum absolute atomic E-state index is 12.3. The van der Waals surface area contributed by atoms with Gasteiger partial charge in [-0.15, -0.1) is 0 Å². The number of pyridine rings is 1. The SMILES string of the molecule is Cc1ccn(CC(=O)Nc2ccccc2Sc2ccccc2)c(=O)c1. The second kappa shape index (κ2) is 7.85. The molecule has 3 rings (SSSR count). The monoisotopic (exact) mass is 350 g/mol. The lowest BCUT2D eigenvalue weighted by Gasteiger charge is -2.11. The van der Waals surface area contributed by atoms with Gasteiger partial charge in [-0.05, 0) is 42.8 Å². The van der Waals surface area contributed by atoms with Crippen LogP contribution in [-0.4, -0.2) is 10.5 Å². The number of benzene rings is 2. The number of para-hydroxylation sites is 1. The first-order chi connectivity index (χ1) is 12.1. The van der Waals surface area contributed by atoms with Gasteiger partial charge in [-0.2, -0.15) is 0 Å². The average Bonchev–Trinajstić information content (AvgIpc) is 2.60. The van der Waals surface area contributed by atoms with Crippen LogP contribution in [0.1, 0.15) is 5.56 Å². The van der Waals surface area contributed by atoms with Gasteiger partial charge in [0, 0.05) is 22.1 Å². The zero-order valence-corrected chi connectivity index (χ0v) is 14.6. The van der Waals surface area contributed by atoms with E-state index >= 15 is 0 Å². The number of nitrogens with one attached hydrogen (secondary N) is 1. The van der Waals surface area contributed by atoms with E-state index in [2.05, 4.69) is 5.32 Å². The van der Waals surface area contributed by atoms with Crippen molar-refractivity contribution < 1.29 is 4.79 Å². The van der Waals surface area contributed by atoms with Crippen LogP contribution in [0.2, 0.25) is 0 Å². The van der Waals surface area contributed by atoms with Gasteiger partial charge in [0.1, 0.15) is 6.54 Å². The molecule has 3 aromatic rings. The van der Waals surface area contributed by atoms with Crippen molar-refractivity contribution in [1.82, 2.24) is 4.57 Å². The number of nitrogens with zero attached hydrogens (tertiary/aromatic N) is 1. The summed E-state index contributed by atoms with van der Waals surface area (Å²) in [5.74, 6) is -0.230. The predicted octanol–water partition coefficient (Wildman–Crippen LogP) is 3.95. The Balaban J connectivity index is 1.74. The largest absolute Gasteiger partial charge is 0.324 e. The molecule has 4 nitrogen and oxygen atoms in total. The molecule has 0 aliphatic carbocycles. The Hall–Kier alpha value is -2.79. The van der Waals surface area contributed by atoms with Gasteiger partial charge < -0.3 is 9.88 Å². The van der Waals surface area contributed by atoms with Gasteiger partial charge in [0.2, 0.25) is 5.91 Å². The highest BCUT2D eigenvalue weighted by molar-refractivity contribution is 7.99. The van der Waals surface area contributed by atoms with Gasteiger partial charge in [-0.1, -0.05) is 42.1 Å². The topological polar surface area (TPSA) is 51.1 Å². The molecule has 1 amide bonds. The number of hydrogen-bond acceptors (Lipinski definition) is 3. The standard InChI is InChI=1S/C20H18N2O2S/c1-15-11-12-22(20(24)13-15)14-19(23)21-17-9-5-6-10-18(17)25-16-7-3-2-4-8-16/h2-13H,14H2,1H3,(H,21,23). The molecule has 0 saturated carbocycles. The van der Waals surface area contributed by atoms with E-state index in [1.165, 1.54) is 10.6 Å². The van der Waals surface area contributed by atoms with Crippen molar-refractivity contribution in [2.75, 3.05) is 5.32 Å². The van der Waals surface area contributed by atoms with E-state index in [1.54, 1.807) is 18.0 Å². The van der Waals surface area contributed by atoms with Crippen LogP contribution >= 0.6 is 11.8 Å². The van der Waals surface area contributed by atoms with Gasteiger partial charge >= 0.3 is 0 Å². The molecule has 0 aliphatic rings. The molecule has 1 N–H and O–H groups in total. The molecule has 0 bridgehead atoms. The molecule has 0 radical (unpaired) electrons. The van der Waals surface area contributed by atoms with Crippen LogP contribution in [0.5, 0.6) is 0 Å². The van der Waals surface area contributed by atoms with Crippen molar-refractivity contribution >= 4 is 23.4 Å². The third-order valence-electron chi connectivity index (χ3n) is 3.60. The first kappa shape index (κ1) is 17.0. The second-order valence-electron chi connectivity index (χ2n) is 5.63. The van der Waals surface area contributed by atoms with E-state index in [0.717, 1.165) is 21.0 Å². The van der Waals surface area contributed by atoms with Crippen LogP contribution in [0.25, 0.3) is 0 Å². The Morgan fingerprint density at radius 1 is 1.04 bits per heavy atom. The molecule has 1 aromatic heterocycles. The lowest BCUT2D eigenvalue weighted by molar-refractivity contribution is -0.116. The van der Waals surface area contributed by atoms with E-state index in [0.29, 0.717) is 0 Å². The molecule has 5 heteroatoms. The summed E-state index contributed by atoms with van der Waals surface area (Å²) < 4.78 is 1.40. The zero-order valence-electron chi connectivity index (χ0n) is 13.8. The zero-order chi connectivity index (χ0) is 17.6.